The van der Waals surface area contributed by atoms with Gasteiger partial charge >= 0.3 is 0 Å². The third-order valence-electron chi connectivity index (χ3n) is 3.49. The maximum absolute atomic E-state index is 10.0. The lowest BCUT2D eigenvalue weighted by Crippen LogP contribution is -2.32. The van der Waals surface area contributed by atoms with Crippen molar-refractivity contribution < 1.29 is 14.9 Å². The molecule has 0 bridgehead atoms. The van der Waals surface area contributed by atoms with Crippen LogP contribution in [-0.4, -0.2) is 22.9 Å². The Morgan fingerprint density at radius 3 is 2.58 bits per heavy atom. The maximum atomic E-state index is 10.0. The van der Waals surface area contributed by atoms with Crippen molar-refractivity contribution in [3.8, 4) is 11.5 Å². The number of phenols is 2. The van der Waals surface area contributed by atoms with Crippen LogP contribution in [-0.2, 0) is 11.2 Å². The lowest BCUT2D eigenvalue weighted by atomic mass is 9.84. The third-order valence-corrected chi connectivity index (χ3v) is 3.49. The second kappa shape index (κ2) is 5.02. The minimum atomic E-state index is -0.206. The number of benzene rings is 1. The number of hydrogen-bond donors (Lipinski definition) is 3. The number of aromatic hydroxyl groups is 2. The molecule has 0 saturated heterocycles. The van der Waals surface area contributed by atoms with Gasteiger partial charge in [0.15, 0.2) is 11.5 Å². The highest BCUT2D eigenvalue weighted by molar-refractivity contribution is 5.50. The quantitative estimate of drug-likeness (QED) is 0.718. The number of ether oxygens (including phenoxy) is 1. The molecule has 0 fully saturated rings. The Bertz CT molecular complexity index is 465. The molecular formula is C15H23NO3. The molecule has 1 heterocycles. The summed E-state index contributed by atoms with van der Waals surface area (Å²) in [6, 6.07) is 3.28. The Morgan fingerprint density at radius 2 is 2.00 bits per heavy atom. The number of nitrogens with two attached hydrogens (primary N) is 1. The number of rotatable bonds is 2. The van der Waals surface area contributed by atoms with Crippen LogP contribution in [0.1, 0.15) is 44.4 Å². The summed E-state index contributed by atoms with van der Waals surface area (Å²) in [6.45, 7) is 6.85. The molecule has 0 saturated carbocycles. The van der Waals surface area contributed by atoms with Gasteiger partial charge in [0.05, 0.1) is 12.2 Å². The predicted octanol–water partition coefficient (Wildman–Crippen LogP) is 2.48. The van der Waals surface area contributed by atoms with Gasteiger partial charge in [0, 0.05) is 18.5 Å². The Hall–Kier alpha value is -1.26. The molecule has 1 aliphatic heterocycles. The lowest BCUT2D eigenvalue weighted by Gasteiger charge is -2.35. The van der Waals surface area contributed by atoms with Gasteiger partial charge in [-0.3, -0.25) is 0 Å². The van der Waals surface area contributed by atoms with Crippen molar-refractivity contribution in [2.24, 2.45) is 11.1 Å². The summed E-state index contributed by atoms with van der Waals surface area (Å²) in [7, 11) is 0. The molecule has 4 N–H and O–H groups in total. The predicted molar refractivity (Wildman–Crippen MR) is 74.2 cm³/mol. The van der Waals surface area contributed by atoms with Crippen molar-refractivity contribution in [3.05, 3.63) is 23.3 Å². The first kappa shape index (κ1) is 14.2. The van der Waals surface area contributed by atoms with E-state index in [0.29, 0.717) is 13.0 Å². The highest BCUT2D eigenvalue weighted by Gasteiger charge is 2.31. The van der Waals surface area contributed by atoms with E-state index in [-0.39, 0.29) is 29.1 Å². The number of fused-ring (bicyclic) bond motifs is 1. The van der Waals surface area contributed by atoms with Gasteiger partial charge in [-0.15, -0.1) is 0 Å². The number of hydrogen-bond acceptors (Lipinski definition) is 4. The smallest absolute Gasteiger partial charge is 0.161 e. The van der Waals surface area contributed by atoms with E-state index in [1.165, 1.54) is 6.07 Å². The molecule has 0 amide bonds. The Labute approximate surface area is 114 Å². The van der Waals surface area contributed by atoms with E-state index in [2.05, 4.69) is 20.8 Å². The molecule has 0 radical (unpaired) electrons. The van der Waals surface area contributed by atoms with Crippen LogP contribution in [0.25, 0.3) is 0 Å². The summed E-state index contributed by atoms with van der Waals surface area (Å²) in [5.41, 5.74) is 7.58. The molecule has 1 aromatic carbocycles. The second-order valence-electron chi connectivity index (χ2n) is 6.45. The molecule has 1 aliphatic rings. The van der Waals surface area contributed by atoms with E-state index < -0.39 is 0 Å². The molecule has 0 aromatic heterocycles. The van der Waals surface area contributed by atoms with Crippen molar-refractivity contribution in [1.82, 2.24) is 0 Å². The van der Waals surface area contributed by atoms with Gasteiger partial charge in [0.25, 0.3) is 0 Å². The van der Waals surface area contributed by atoms with E-state index in [1.54, 1.807) is 6.07 Å². The van der Waals surface area contributed by atoms with Crippen LogP contribution >= 0.6 is 0 Å². The molecule has 106 valence electrons. The van der Waals surface area contributed by atoms with Crippen molar-refractivity contribution in [2.75, 3.05) is 6.54 Å². The lowest BCUT2D eigenvalue weighted by molar-refractivity contribution is -0.0395. The highest BCUT2D eigenvalue weighted by atomic mass is 16.5. The highest BCUT2D eigenvalue weighted by Crippen LogP contribution is 2.41. The van der Waals surface area contributed by atoms with Crippen LogP contribution < -0.4 is 5.73 Å². The normalized spacial score (nSPS) is 23.2. The fourth-order valence-corrected chi connectivity index (χ4v) is 2.72. The van der Waals surface area contributed by atoms with E-state index in [4.69, 9.17) is 10.5 Å². The second-order valence-corrected chi connectivity index (χ2v) is 6.45. The standard InChI is InChI=1S/C15H23NO3/c1-15(2,3)7-9-6-11-10(13(8-16)19-9)4-5-12(17)14(11)18/h4-5,9,13,17-18H,6-8,16H2,1-3H3/t9-,13-/m0/s1. The van der Waals surface area contributed by atoms with Crippen LogP contribution in [0.3, 0.4) is 0 Å². The van der Waals surface area contributed by atoms with Gasteiger partial charge in [0.1, 0.15) is 0 Å². The molecule has 4 nitrogen and oxygen atoms in total. The molecular weight excluding hydrogens is 242 g/mol. The largest absolute Gasteiger partial charge is 0.504 e. The van der Waals surface area contributed by atoms with E-state index in [0.717, 1.165) is 17.5 Å². The summed E-state index contributed by atoms with van der Waals surface area (Å²) < 4.78 is 6.02. The Morgan fingerprint density at radius 1 is 1.32 bits per heavy atom. The summed E-state index contributed by atoms with van der Waals surface area (Å²) in [5.74, 6) is -0.107. The van der Waals surface area contributed by atoms with Crippen molar-refractivity contribution >= 4 is 0 Å². The zero-order chi connectivity index (χ0) is 14.2. The first-order valence-corrected chi connectivity index (χ1v) is 6.71. The molecule has 19 heavy (non-hydrogen) atoms. The van der Waals surface area contributed by atoms with Gasteiger partial charge in [-0.2, -0.15) is 0 Å². The molecule has 2 atom stereocenters. The van der Waals surface area contributed by atoms with Gasteiger partial charge in [0.2, 0.25) is 0 Å². The van der Waals surface area contributed by atoms with E-state index in [9.17, 15) is 10.2 Å². The van der Waals surface area contributed by atoms with Crippen LogP contribution in [0.5, 0.6) is 11.5 Å². The monoisotopic (exact) mass is 265 g/mol. The maximum Gasteiger partial charge on any atom is 0.161 e. The van der Waals surface area contributed by atoms with Gasteiger partial charge in [-0.25, -0.2) is 0 Å². The third kappa shape index (κ3) is 3.01. The van der Waals surface area contributed by atoms with Crippen LogP contribution in [0.4, 0.5) is 0 Å². The molecule has 0 spiro atoms. The van der Waals surface area contributed by atoms with Crippen molar-refractivity contribution in [2.45, 2.75) is 45.8 Å². The summed E-state index contributed by atoms with van der Waals surface area (Å²) in [6.07, 6.45) is 1.32. The summed E-state index contributed by atoms with van der Waals surface area (Å²) in [5, 5.41) is 19.7. The van der Waals surface area contributed by atoms with Gasteiger partial charge < -0.3 is 20.7 Å². The van der Waals surface area contributed by atoms with Crippen molar-refractivity contribution in [1.29, 1.82) is 0 Å². The Balaban J connectivity index is 2.33. The molecule has 2 rings (SSSR count). The SMILES string of the molecule is CC(C)(C)C[C@@H]1Cc2c(ccc(O)c2O)[C@H](CN)O1. The average molecular weight is 265 g/mol. The Kier molecular flexibility index (Phi) is 3.74. The van der Waals surface area contributed by atoms with Crippen LogP contribution in [0.2, 0.25) is 0 Å². The van der Waals surface area contributed by atoms with E-state index in [1.807, 2.05) is 0 Å². The first-order chi connectivity index (χ1) is 8.81. The van der Waals surface area contributed by atoms with Gasteiger partial charge in [-0.05, 0) is 23.5 Å². The zero-order valence-corrected chi connectivity index (χ0v) is 11.8. The minimum Gasteiger partial charge on any atom is -0.504 e. The molecule has 0 aliphatic carbocycles. The molecule has 1 aromatic rings. The molecule has 4 heteroatoms. The zero-order valence-electron chi connectivity index (χ0n) is 11.8. The average Bonchev–Trinajstić information content (AvgIpc) is 2.31. The summed E-state index contributed by atoms with van der Waals surface area (Å²) >= 11 is 0. The summed E-state index contributed by atoms with van der Waals surface area (Å²) in [4.78, 5) is 0. The fraction of sp³-hybridized carbons (Fsp3) is 0.600. The topological polar surface area (TPSA) is 75.7 Å². The van der Waals surface area contributed by atoms with E-state index >= 15 is 0 Å². The van der Waals surface area contributed by atoms with Gasteiger partial charge in [-0.1, -0.05) is 26.8 Å². The van der Waals surface area contributed by atoms with Crippen molar-refractivity contribution in [3.63, 3.8) is 0 Å². The first-order valence-electron chi connectivity index (χ1n) is 6.71. The number of phenolic OH excluding ortho intramolecular Hbond substituents is 2. The molecule has 0 unspecified atom stereocenters. The fourth-order valence-electron chi connectivity index (χ4n) is 2.72. The van der Waals surface area contributed by atoms with Crippen LogP contribution in [0.15, 0.2) is 12.1 Å². The van der Waals surface area contributed by atoms with Crippen LogP contribution in [0, 0.1) is 5.41 Å². The minimum absolute atomic E-state index is 0.0220.